The maximum absolute atomic E-state index is 14.4. The molecule has 0 radical (unpaired) electrons. The van der Waals surface area contributed by atoms with Gasteiger partial charge in [-0.25, -0.2) is 9.18 Å². The van der Waals surface area contributed by atoms with E-state index < -0.39 is 11.7 Å². The Kier molecular flexibility index (Phi) is 8.71. The van der Waals surface area contributed by atoms with E-state index in [0.717, 1.165) is 82.3 Å². The minimum atomic E-state index is -4.40. The fraction of sp³-hybridized carbons (Fsp3) is 0.543. The number of urea groups is 1. The van der Waals surface area contributed by atoms with Crippen LogP contribution >= 0.6 is 0 Å². The third-order valence-corrected chi connectivity index (χ3v) is 10.7. The first-order valence-electron chi connectivity index (χ1n) is 16.1. The summed E-state index contributed by atoms with van der Waals surface area (Å²) in [5, 5.41) is 2.86. The second kappa shape index (κ2) is 12.4. The second-order valence-corrected chi connectivity index (χ2v) is 13.5. The number of nitrogens with one attached hydrogen (secondary N) is 1. The van der Waals surface area contributed by atoms with E-state index in [1.165, 1.54) is 18.2 Å². The predicted octanol–water partition coefficient (Wildman–Crippen LogP) is 6.37. The van der Waals surface area contributed by atoms with Crippen LogP contribution in [0.4, 0.5) is 22.4 Å². The highest BCUT2D eigenvalue weighted by Gasteiger charge is 2.73. The molecule has 2 aromatic rings. The first-order valence-corrected chi connectivity index (χ1v) is 16.1. The van der Waals surface area contributed by atoms with Crippen LogP contribution in [-0.2, 0) is 22.9 Å². The second-order valence-electron chi connectivity index (χ2n) is 13.5. The number of alkyl halides is 3. The summed E-state index contributed by atoms with van der Waals surface area (Å²) < 4.78 is 53.1. The zero-order valence-electron chi connectivity index (χ0n) is 25.6. The van der Waals surface area contributed by atoms with Gasteiger partial charge in [0.2, 0.25) is 5.91 Å². The number of fused-ring (bicyclic) bond motifs is 1. The number of hydrogen-bond acceptors (Lipinski definition) is 3. The molecule has 0 bridgehead atoms. The molecule has 3 amide bonds. The van der Waals surface area contributed by atoms with Gasteiger partial charge >= 0.3 is 12.2 Å². The monoisotopic (exact) mass is 626 g/mol. The van der Waals surface area contributed by atoms with Crippen LogP contribution in [0.2, 0.25) is 0 Å². The largest absolute Gasteiger partial charge is 0.416 e. The number of likely N-dealkylation sites (tertiary alicyclic amines) is 2. The first kappa shape index (κ1) is 31.6. The topological polar surface area (TPSA) is 55.9 Å². The van der Waals surface area contributed by atoms with Crippen molar-refractivity contribution in [1.82, 2.24) is 20.0 Å². The number of rotatable bonds is 9. The van der Waals surface area contributed by atoms with Gasteiger partial charge in [0.05, 0.1) is 5.56 Å². The van der Waals surface area contributed by atoms with E-state index in [0.29, 0.717) is 25.2 Å². The van der Waals surface area contributed by atoms with Gasteiger partial charge in [-0.05, 0) is 67.5 Å². The number of halogens is 4. The number of piperidine rings is 2. The highest BCUT2D eigenvalue weighted by atomic mass is 19.4. The molecular formula is C35H42F4N4O2. The molecular weight excluding hydrogens is 584 g/mol. The summed E-state index contributed by atoms with van der Waals surface area (Å²) in [6.45, 7) is 8.08. The van der Waals surface area contributed by atoms with Gasteiger partial charge < -0.3 is 20.0 Å². The minimum Gasteiger partial charge on any atom is -0.341 e. The van der Waals surface area contributed by atoms with Crippen LogP contribution in [0, 0.1) is 17.2 Å². The number of amides is 3. The molecule has 0 aromatic heterocycles. The summed E-state index contributed by atoms with van der Waals surface area (Å²) in [6.07, 6.45) is 3.91. The van der Waals surface area contributed by atoms with Crippen molar-refractivity contribution in [2.24, 2.45) is 11.3 Å². The Morgan fingerprint density at radius 2 is 1.73 bits per heavy atom. The highest BCUT2D eigenvalue weighted by molar-refractivity contribution is 5.80. The lowest BCUT2D eigenvalue weighted by atomic mass is 9.87. The molecule has 2 aliphatic heterocycles. The van der Waals surface area contributed by atoms with Crippen LogP contribution in [0.5, 0.6) is 0 Å². The van der Waals surface area contributed by atoms with E-state index in [-0.39, 0.29) is 47.1 Å². The SMILES string of the molecule is C=CCN(C(=O)NCc1ccc(C(F)(F)F)cc1)C1CCN(CC23CN(C(=O)C4CCCC4)C[C@@]2(c2cccc(F)c2)C3)CC1. The standard InChI is InChI=1S/C35H42F4N4O2/c1-2-16-43(32(45)40-20-25-10-12-27(13-11-25)35(37,38)39)30-14-17-41(18-15-30)22-33-21-34(33,28-8-5-9-29(36)19-28)24-42(23-33)31(44)26-6-3-4-7-26/h2,5,8-13,19,26,30H,1,3-4,6-7,14-18,20-24H2,(H,40,45)/t33?,34-/m1/s1. The van der Waals surface area contributed by atoms with E-state index in [1.54, 1.807) is 23.1 Å². The van der Waals surface area contributed by atoms with Gasteiger partial charge in [-0.2, -0.15) is 13.2 Å². The van der Waals surface area contributed by atoms with Crippen molar-refractivity contribution in [2.45, 2.75) is 69.1 Å². The zero-order chi connectivity index (χ0) is 31.8. The van der Waals surface area contributed by atoms with Crippen LogP contribution in [-0.4, -0.2) is 71.9 Å². The molecule has 1 N–H and O–H groups in total. The maximum Gasteiger partial charge on any atom is 0.416 e. The van der Waals surface area contributed by atoms with E-state index in [9.17, 15) is 27.2 Å². The van der Waals surface area contributed by atoms with Gasteiger partial charge in [0.25, 0.3) is 0 Å². The van der Waals surface area contributed by atoms with Gasteiger partial charge in [-0.1, -0.05) is 43.2 Å². The number of nitrogens with zero attached hydrogens (tertiary/aromatic N) is 3. The lowest BCUT2D eigenvalue weighted by Crippen LogP contribution is -2.51. The smallest absolute Gasteiger partial charge is 0.341 e. The Bertz CT molecular complexity index is 1400. The number of carbonyl (C=O) groups is 2. The predicted molar refractivity (Wildman–Crippen MR) is 164 cm³/mol. The van der Waals surface area contributed by atoms with Gasteiger partial charge in [-0.15, -0.1) is 6.58 Å². The summed E-state index contributed by atoms with van der Waals surface area (Å²) in [6, 6.07) is 11.4. The van der Waals surface area contributed by atoms with Crippen molar-refractivity contribution in [2.75, 3.05) is 39.3 Å². The summed E-state index contributed by atoms with van der Waals surface area (Å²) >= 11 is 0. The molecule has 45 heavy (non-hydrogen) atoms. The van der Waals surface area contributed by atoms with Crippen LogP contribution in [0.3, 0.4) is 0 Å². The van der Waals surface area contributed by atoms with Gasteiger partial charge in [0.15, 0.2) is 0 Å². The molecule has 2 aromatic carbocycles. The molecule has 0 spiro atoms. The molecule has 242 valence electrons. The first-order chi connectivity index (χ1) is 21.5. The highest BCUT2D eigenvalue weighted by Crippen LogP contribution is 2.69. The van der Waals surface area contributed by atoms with Crippen molar-refractivity contribution in [3.05, 3.63) is 83.7 Å². The van der Waals surface area contributed by atoms with Gasteiger partial charge in [-0.3, -0.25) is 4.79 Å². The Hall–Kier alpha value is -3.40. The third kappa shape index (κ3) is 6.35. The van der Waals surface area contributed by atoms with Crippen LogP contribution in [0.15, 0.2) is 61.2 Å². The van der Waals surface area contributed by atoms with E-state index in [4.69, 9.17) is 0 Å². The zero-order valence-corrected chi connectivity index (χ0v) is 25.6. The number of hydrogen-bond donors (Lipinski definition) is 1. The number of benzene rings is 2. The fourth-order valence-corrected chi connectivity index (χ4v) is 8.29. The number of carbonyl (C=O) groups excluding carboxylic acids is 2. The molecule has 6 nitrogen and oxygen atoms in total. The van der Waals surface area contributed by atoms with Crippen molar-refractivity contribution in [3.8, 4) is 0 Å². The normalized spacial score (nSPS) is 25.6. The van der Waals surface area contributed by atoms with Crippen molar-refractivity contribution >= 4 is 11.9 Å². The molecule has 2 heterocycles. The fourth-order valence-electron chi connectivity index (χ4n) is 8.29. The van der Waals surface area contributed by atoms with Gasteiger partial charge in [0.1, 0.15) is 5.82 Å². The summed E-state index contributed by atoms with van der Waals surface area (Å²) in [5.74, 6) is 0.125. The lowest BCUT2D eigenvalue weighted by molar-refractivity contribution is -0.137. The van der Waals surface area contributed by atoms with E-state index in [2.05, 4.69) is 21.7 Å². The average Bonchev–Trinajstić information content (AvgIpc) is 3.33. The molecule has 2 saturated heterocycles. The average molecular weight is 627 g/mol. The third-order valence-electron chi connectivity index (χ3n) is 10.7. The summed E-state index contributed by atoms with van der Waals surface area (Å²) in [7, 11) is 0. The van der Waals surface area contributed by atoms with Crippen molar-refractivity contribution in [3.63, 3.8) is 0 Å². The molecule has 10 heteroatoms. The summed E-state index contributed by atoms with van der Waals surface area (Å²) in [5.41, 5.74) is 0.519. The molecule has 6 rings (SSSR count). The van der Waals surface area contributed by atoms with Crippen molar-refractivity contribution < 1.29 is 27.2 Å². The molecule has 2 atom stereocenters. The maximum atomic E-state index is 14.4. The van der Waals surface area contributed by atoms with E-state index in [1.807, 2.05) is 6.07 Å². The molecule has 1 unspecified atom stereocenters. The Balaban J connectivity index is 1.08. The molecule has 2 aliphatic carbocycles. The Labute approximate surface area is 262 Å². The Morgan fingerprint density at radius 1 is 1.02 bits per heavy atom. The van der Waals surface area contributed by atoms with E-state index >= 15 is 0 Å². The lowest BCUT2D eigenvalue weighted by Gasteiger charge is -2.39. The molecule has 2 saturated carbocycles. The van der Waals surface area contributed by atoms with Crippen LogP contribution in [0.25, 0.3) is 0 Å². The molecule has 4 fully saturated rings. The van der Waals surface area contributed by atoms with Gasteiger partial charge in [0, 0.05) is 68.6 Å². The van der Waals surface area contributed by atoms with Crippen LogP contribution in [0.1, 0.15) is 61.6 Å². The molecule has 4 aliphatic rings. The minimum absolute atomic E-state index is 0.000515. The van der Waals surface area contributed by atoms with Crippen molar-refractivity contribution in [1.29, 1.82) is 0 Å². The summed E-state index contributed by atoms with van der Waals surface area (Å²) in [4.78, 5) is 32.9. The Morgan fingerprint density at radius 3 is 2.38 bits per heavy atom. The van der Waals surface area contributed by atoms with Crippen LogP contribution < -0.4 is 5.32 Å². The quantitative estimate of drug-likeness (QED) is 0.260.